The summed E-state index contributed by atoms with van der Waals surface area (Å²) in [5.41, 5.74) is 2.45. The Kier molecular flexibility index (Phi) is 1.74. The van der Waals surface area contributed by atoms with Crippen LogP contribution >= 0.6 is 0 Å². The van der Waals surface area contributed by atoms with Gasteiger partial charge in [-0.25, -0.2) is 0 Å². The van der Waals surface area contributed by atoms with Crippen LogP contribution in [-0.2, 0) is 12.8 Å². The van der Waals surface area contributed by atoms with Crippen molar-refractivity contribution in [2.24, 2.45) is 0 Å². The first-order valence-corrected chi connectivity index (χ1v) is 4.15. The molecule has 1 aliphatic heterocycles. The average molecular weight is 149 g/mol. The minimum absolute atomic E-state index is 1.04. The number of hydrogen-bond donors (Lipinski definition) is 1. The second kappa shape index (κ2) is 2.74. The standard InChI is InChI=1S/C8H12BNO/c9-8-5-6-1-3-10-4-2-7(6)11-8/h5,10H,1-4,9H2. The third-order valence-electron chi connectivity index (χ3n) is 2.12. The summed E-state index contributed by atoms with van der Waals surface area (Å²) in [6.45, 7) is 2.14. The van der Waals surface area contributed by atoms with Crippen molar-refractivity contribution in [1.29, 1.82) is 0 Å². The molecule has 0 bridgehead atoms. The summed E-state index contributed by atoms with van der Waals surface area (Å²) in [6.07, 6.45) is 2.16. The van der Waals surface area contributed by atoms with Gasteiger partial charge < -0.3 is 9.73 Å². The molecule has 0 fully saturated rings. The van der Waals surface area contributed by atoms with Crippen molar-refractivity contribution < 1.29 is 4.42 Å². The van der Waals surface area contributed by atoms with E-state index in [0.29, 0.717) is 0 Å². The van der Waals surface area contributed by atoms with Crippen LogP contribution in [0.3, 0.4) is 0 Å². The Morgan fingerprint density at radius 3 is 3.09 bits per heavy atom. The molecule has 0 saturated heterocycles. The highest BCUT2D eigenvalue weighted by molar-refractivity contribution is 6.29. The van der Waals surface area contributed by atoms with Crippen LogP contribution in [0.15, 0.2) is 10.5 Å². The van der Waals surface area contributed by atoms with Gasteiger partial charge in [-0.1, -0.05) is 0 Å². The van der Waals surface area contributed by atoms with E-state index < -0.39 is 0 Å². The lowest BCUT2D eigenvalue weighted by molar-refractivity contribution is 0.532. The van der Waals surface area contributed by atoms with Crippen molar-refractivity contribution in [1.82, 2.24) is 5.32 Å². The summed E-state index contributed by atoms with van der Waals surface area (Å²) in [7, 11) is 2.02. The maximum absolute atomic E-state index is 5.55. The lowest BCUT2D eigenvalue weighted by Crippen LogP contribution is -2.16. The van der Waals surface area contributed by atoms with Gasteiger partial charge in [0.25, 0.3) is 0 Å². The Labute approximate surface area is 67.4 Å². The van der Waals surface area contributed by atoms with Crippen molar-refractivity contribution in [2.75, 3.05) is 13.1 Å². The van der Waals surface area contributed by atoms with Crippen LogP contribution in [0.1, 0.15) is 11.3 Å². The maximum Gasteiger partial charge on any atom is 0.186 e. The molecule has 58 valence electrons. The zero-order valence-corrected chi connectivity index (χ0v) is 6.81. The molecule has 3 heteroatoms. The number of hydrogen-bond acceptors (Lipinski definition) is 2. The van der Waals surface area contributed by atoms with Gasteiger partial charge in [0.1, 0.15) is 5.76 Å². The summed E-state index contributed by atoms with van der Waals surface area (Å²) in [5.74, 6) is 1.19. The van der Waals surface area contributed by atoms with E-state index in [4.69, 9.17) is 4.42 Å². The summed E-state index contributed by atoms with van der Waals surface area (Å²) in [5, 5.41) is 3.34. The molecule has 1 aliphatic rings. The fourth-order valence-electron chi connectivity index (χ4n) is 1.59. The molecule has 0 aliphatic carbocycles. The van der Waals surface area contributed by atoms with E-state index >= 15 is 0 Å². The topological polar surface area (TPSA) is 25.2 Å². The largest absolute Gasteiger partial charge is 0.477 e. The van der Waals surface area contributed by atoms with Crippen LogP contribution in [-0.4, -0.2) is 20.9 Å². The molecule has 0 radical (unpaired) electrons. The Morgan fingerprint density at radius 1 is 1.36 bits per heavy atom. The van der Waals surface area contributed by atoms with Crippen molar-refractivity contribution >= 4 is 13.5 Å². The molecular formula is C8H12BNO. The van der Waals surface area contributed by atoms with Gasteiger partial charge in [-0.15, -0.1) is 0 Å². The summed E-state index contributed by atoms with van der Waals surface area (Å²) < 4.78 is 5.55. The van der Waals surface area contributed by atoms with Gasteiger partial charge in [-0.05, 0) is 24.6 Å². The molecule has 0 spiro atoms. The predicted molar refractivity (Wildman–Crippen MR) is 47.2 cm³/mol. The van der Waals surface area contributed by atoms with Gasteiger partial charge in [-0.2, -0.15) is 0 Å². The van der Waals surface area contributed by atoms with E-state index in [1.807, 2.05) is 7.85 Å². The van der Waals surface area contributed by atoms with E-state index in [-0.39, 0.29) is 0 Å². The van der Waals surface area contributed by atoms with Gasteiger partial charge in [0.2, 0.25) is 0 Å². The summed E-state index contributed by atoms with van der Waals surface area (Å²) >= 11 is 0. The number of fused-ring (bicyclic) bond motifs is 1. The Morgan fingerprint density at radius 2 is 2.18 bits per heavy atom. The van der Waals surface area contributed by atoms with Crippen LogP contribution in [0.25, 0.3) is 0 Å². The number of rotatable bonds is 0. The average Bonchev–Trinajstić information content (AvgIpc) is 2.17. The van der Waals surface area contributed by atoms with E-state index in [0.717, 1.165) is 31.6 Å². The smallest absolute Gasteiger partial charge is 0.186 e. The number of nitrogens with one attached hydrogen (secondary N) is 1. The molecular weight excluding hydrogens is 137 g/mol. The van der Waals surface area contributed by atoms with Crippen LogP contribution in [0.5, 0.6) is 0 Å². The van der Waals surface area contributed by atoms with Crippen LogP contribution in [0, 0.1) is 0 Å². The van der Waals surface area contributed by atoms with Crippen molar-refractivity contribution in [3.8, 4) is 0 Å². The molecule has 2 heterocycles. The molecule has 11 heavy (non-hydrogen) atoms. The van der Waals surface area contributed by atoms with Gasteiger partial charge in [0, 0.05) is 13.0 Å². The molecule has 1 aromatic heterocycles. The third-order valence-corrected chi connectivity index (χ3v) is 2.12. The van der Waals surface area contributed by atoms with Gasteiger partial charge >= 0.3 is 0 Å². The van der Waals surface area contributed by atoms with Gasteiger partial charge in [0.05, 0.1) is 5.66 Å². The molecule has 1 aromatic rings. The molecule has 1 N–H and O–H groups in total. The van der Waals surface area contributed by atoms with Crippen LogP contribution in [0.4, 0.5) is 0 Å². The normalized spacial score (nSPS) is 17.5. The molecule has 2 nitrogen and oxygen atoms in total. The first-order chi connectivity index (χ1) is 5.36. The molecule has 0 atom stereocenters. The van der Waals surface area contributed by atoms with E-state index in [1.54, 1.807) is 0 Å². The molecule has 0 unspecified atom stereocenters. The van der Waals surface area contributed by atoms with Crippen molar-refractivity contribution in [2.45, 2.75) is 12.8 Å². The highest BCUT2D eigenvalue weighted by atomic mass is 16.3. The summed E-state index contributed by atoms with van der Waals surface area (Å²) in [4.78, 5) is 0. The van der Waals surface area contributed by atoms with E-state index in [2.05, 4.69) is 11.4 Å². The second-order valence-corrected chi connectivity index (χ2v) is 3.06. The molecule has 0 aromatic carbocycles. The Balaban J connectivity index is 2.32. The maximum atomic E-state index is 5.55. The third kappa shape index (κ3) is 1.33. The van der Waals surface area contributed by atoms with Crippen LogP contribution < -0.4 is 11.0 Å². The second-order valence-electron chi connectivity index (χ2n) is 3.06. The van der Waals surface area contributed by atoms with Gasteiger partial charge in [-0.3, -0.25) is 0 Å². The molecule has 0 amide bonds. The highest BCUT2D eigenvalue weighted by Gasteiger charge is 2.10. The molecule has 0 saturated carbocycles. The highest BCUT2D eigenvalue weighted by Crippen LogP contribution is 2.11. The zero-order valence-electron chi connectivity index (χ0n) is 6.81. The Bertz CT molecular complexity index is 233. The first kappa shape index (κ1) is 6.98. The lowest BCUT2D eigenvalue weighted by atomic mass is 10.0. The predicted octanol–water partition coefficient (Wildman–Crippen LogP) is -0.774. The zero-order chi connectivity index (χ0) is 7.68. The monoisotopic (exact) mass is 149 g/mol. The SMILES string of the molecule is Bc1cc2c(o1)CCNCC2. The quantitative estimate of drug-likeness (QED) is 0.490. The fourth-order valence-corrected chi connectivity index (χ4v) is 1.59. The first-order valence-electron chi connectivity index (χ1n) is 4.15. The molecule has 2 rings (SSSR count). The fraction of sp³-hybridized carbons (Fsp3) is 0.500. The number of furan rings is 1. The van der Waals surface area contributed by atoms with Crippen molar-refractivity contribution in [3.63, 3.8) is 0 Å². The van der Waals surface area contributed by atoms with E-state index in [9.17, 15) is 0 Å². The minimum Gasteiger partial charge on any atom is -0.477 e. The van der Waals surface area contributed by atoms with E-state index in [1.165, 1.54) is 11.3 Å². The summed E-state index contributed by atoms with van der Waals surface area (Å²) in [6, 6.07) is 2.16. The minimum atomic E-state index is 1.04. The van der Waals surface area contributed by atoms with Gasteiger partial charge in [0.15, 0.2) is 7.85 Å². The lowest BCUT2D eigenvalue weighted by Gasteiger charge is -1.94. The van der Waals surface area contributed by atoms with Crippen LogP contribution in [0.2, 0.25) is 0 Å². The van der Waals surface area contributed by atoms with Crippen molar-refractivity contribution in [3.05, 3.63) is 17.4 Å². The Hall–Kier alpha value is -0.695.